The second kappa shape index (κ2) is 6.53. The maximum Gasteiger partial charge on any atom is 0.314 e. The van der Waals surface area contributed by atoms with Crippen molar-refractivity contribution in [3.05, 3.63) is 12.7 Å². The largest absolute Gasteiger partial charge is 0.460 e. The van der Waals surface area contributed by atoms with Crippen molar-refractivity contribution in [1.29, 1.82) is 0 Å². The van der Waals surface area contributed by atoms with E-state index in [1.54, 1.807) is 0 Å². The van der Waals surface area contributed by atoms with E-state index >= 15 is 0 Å². The highest BCUT2D eigenvalue weighted by molar-refractivity contribution is 5.74. The van der Waals surface area contributed by atoms with E-state index in [4.69, 9.17) is 14.2 Å². The summed E-state index contributed by atoms with van der Waals surface area (Å²) in [6.45, 7) is 12.3. The first-order valence-electron chi connectivity index (χ1n) is 6.96. The van der Waals surface area contributed by atoms with Crippen LogP contribution in [0.4, 0.5) is 0 Å². The number of allylic oxidation sites excluding steroid dienone is 1. The average Bonchev–Trinajstić information content (AvgIpc) is 2.74. The zero-order valence-corrected chi connectivity index (χ0v) is 12.5. The molecule has 110 valence electrons. The van der Waals surface area contributed by atoms with E-state index in [2.05, 4.69) is 6.58 Å². The molecule has 4 heteroatoms. The first-order chi connectivity index (χ1) is 8.84. The summed E-state index contributed by atoms with van der Waals surface area (Å²) in [6, 6.07) is 0. The summed E-state index contributed by atoms with van der Waals surface area (Å²) >= 11 is 0. The van der Waals surface area contributed by atoms with E-state index in [0.717, 1.165) is 6.42 Å². The lowest BCUT2D eigenvalue weighted by atomic mass is 9.91. The summed E-state index contributed by atoms with van der Waals surface area (Å²) < 4.78 is 17.0. The Morgan fingerprint density at radius 1 is 1.42 bits per heavy atom. The molecule has 4 nitrogen and oxygen atoms in total. The van der Waals surface area contributed by atoms with E-state index in [1.165, 1.54) is 0 Å². The Balaban J connectivity index is 2.84. The van der Waals surface area contributed by atoms with Gasteiger partial charge < -0.3 is 14.2 Å². The number of hydrogen-bond acceptors (Lipinski definition) is 4. The van der Waals surface area contributed by atoms with Crippen molar-refractivity contribution in [1.82, 2.24) is 0 Å². The van der Waals surface area contributed by atoms with Crippen molar-refractivity contribution in [2.75, 3.05) is 13.2 Å². The Kier molecular flexibility index (Phi) is 5.56. The van der Waals surface area contributed by atoms with Gasteiger partial charge in [-0.3, -0.25) is 4.79 Å². The summed E-state index contributed by atoms with van der Waals surface area (Å²) in [7, 11) is 0. The molecule has 0 bridgehead atoms. The standard InChI is InChI=1S/C15H26O4/c1-6-8-9-15(17-10-11-18-15)12(7-2)13(16)19-14(3,4)5/h6,12H,1,7-11H2,2-5H3. The lowest BCUT2D eigenvalue weighted by molar-refractivity contribution is -0.218. The average molecular weight is 270 g/mol. The second-order valence-electron chi connectivity index (χ2n) is 5.83. The maximum absolute atomic E-state index is 12.3. The lowest BCUT2D eigenvalue weighted by Gasteiger charge is -2.35. The van der Waals surface area contributed by atoms with E-state index in [1.807, 2.05) is 33.8 Å². The van der Waals surface area contributed by atoms with Crippen LogP contribution in [0.3, 0.4) is 0 Å². The number of rotatable bonds is 6. The molecular weight excluding hydrogens is 244 g/mol. The van der Waals surface area contributed by atoms with Gasteiger partial charge in [-0.25, -0.2) is 0 Å². The monoisotopic (exact) mass is 270 g/mol. The Morgan fingerprint density at radius 3 is 2.42 bits per heavy atom. The highest BCUT2D eigenvalue weighted by Crippen LogP contribution is 2.36. The Hall–Kier alpha value is -0.870. The molecule has 1 atom stereocenters. The zero-order chi connectivity index (χ0) is 14.5. The number of hydrogen-bond donors (Lipinski definition) is 0. The molecular formula is C15H26O4. The van der Waals surface area contributed by atoms with Crippen molar-refractivity contribution in [2.24, 2.45) is 5.92 Å². The van der Waals surface area contributed by atoms with Crippen LogP contribution in [-0.2, 0) is 19.0 Å². The first-order valence-corrected chi connectivity index (χ1v) is 6.96. The summed E-state index contributed by atoms with van der Waals surface area (Å²) in [4.78, 5) is 12.3. The van der Waals surface area contributed by atoms with Gasteiger partial charge in [-0.1, -0.05) is 13.0 Å². The van der Waals surface area contributed by atoms with E-state index < -0.39 is 17.3 Å². The quantitative estimate of drug-likeness (QED) is 0.549. The summed E-state index contributed by atoms with van der Waals surface area (Å²) in [5.41, 5.74) is -0.497. The van der Waals surface area contributed by atoms with Gasteiger partial charge in [-0.2, -0.15) is 0 Å². The summed E-state index contributed by atoms with van der Waals surface area (Å²) in [5.74, 6) is -1.49. The molecule has 1 fully saturated rings. The zero-order valence-electron chi connectivity index (χ0n) is 12.5. The number of carbonyl (C=O) groups excluding carboxylic acids is 1. The number of esters is 1. The molecule has 0 radical (unpaired) electrons. The van der Waals surface area contributed by atoms with Gasteiger partial charge in [0.2, 0.25) is 0 Å². The molecule has 1 heterocycles. The highest BCUT2D eigenvalue weighted by atomic mass is 16.7. The van der Waals surface area contributed by atoms with Crippen LogP contribution in [0, 0.1) is 5.92 Å². The predicted octanol–water partition coefficient (Wildman–Crippen LogP) is 3.06. The van der Waals surface area contributed by atoms with Crippen LogP contribution in [0.15, 0.2) is 12.7 Å². The molecule has 0 amide bonds. The van der Waals surface area contributed by atoms with Gasteiger partial charge in [-0.15, -0.1) is 6.58 Å². The lowest BCUT2D eigenvalue weighted by Crippen LogP contribution is -2.45. The highest BCUT2D eigenvalue weighted by Gasteiger charge is 2.48. The fourth-order valence-electron chi connectivity index (χ4n) is 2.32. The minimum Gasteiger partial charge on any atom is -0.460 e. The van der Waals surface area contributed by atoms with Gasteiger partial charge in [-0.05, 0) is 33.6 Å². The third-order valence-electron chi connectivity index (χ3n) is 3.10. The predicted molar refractivity (Wildman–Crippen MR) is 73.7 cm³/mol. The summed E-state index contributed by atoms with van der Waals surface area (Å²) in [6.07, 6.45) is 3.83. The molecule has 19 heavy (non-hydrogen) atoms. The molecule has 0 aromatic carbocycles. The van der Waals surface area contributed by atoms with Crippen LogP contribution in [-0.4, -0.2) is 30.6 Å². The first kappa shape index (κ1) is 16.2. The minimum absolute atomic E-state index is 0.249. The van der Waals surface area contributed by atoms with Gasteiger partial charge in [0, 0.05) is 6.42 Å². The second-order valence-corrected chi connectivity index (χ2v) is 5.83. The fraction of sp³-hybridized carbons (Fsp3) is 0.800. The van der Waals surface area contributed by atoms with Crippen molar-refractivity contribution >= 4 is 5.97 Å². The normalized spacial score (nSPS) is 20.0. The van der Waals surface area contributed by atoms with E-state index in [-0.39, 0.29) is 5.97 Å². The Morgan fingerprint density at radius 2 is 2.00 bits per heavy atom. The third kappa shape index (κ3) is 4.32. The molecule has 0 aromatic heterocycles. The van der Waals surface area contributed by atoms with Gasteiger partial charge in [0.1, 0.15) is 11.5 Å². The minimum atomic E-state index is -0.842. The van der Waals surface area contributed by atoms with Crippen LogP contribution in [0.1, 0.15) is 47.0 Å². The third-order valence-corrected chi connectivity index (χ3v) is 3.10. The molecule has 0 N–H and O–H groups in total. The molecule has 1 aliphatic rings. The fourth-order valence-corrected chi connectivity index (χ4v) is 2.32. The molecule has 1 unspecified atom stereocenters. The smallest absolute Gasteiger partial charge is 0.314 e. The molecule has 0 aromatic rings. The Bertz CT molecular complexity index is 311. The molecule has 0 spiro atoms. The summed E-state index contributed by atoms with van der Waals surface area (Å²) in [5, 5.41) is 0. The number of carbonyl (C=O) groups is 1. The van der Waals surface area contributed by atoms with Crippen LogP contribution in [0.25, 0.3) is 0 Å². The van der Waals surface area contributed by atoms with Crippen molar-refractivity contribution in [3.63, 3.8) is 0 Å². The van der Waals surface area contributed by atoms with E-state index in [9.17, 15) is 4.79 Å². The van der Waals surface area contributed by atoms with Gasteiger partial charge in [0.25, 0.3) is 0 Å². The van der Waals surface area contributed by atoms with Crippen molar-refractivity contribution < 1.29 is 19.0 Å². The van der Waals surface area contributed by atoms with E-state index in [0.29, 0.717) is 26.1 Å². The SMILES string of the molecule is C=CCCC1(C(CC)C(=O)OC(C)(C)C)OCCO1. The van der Waals surface area contributed by atoms with Gasteiger partial charge in [0.15, 0.2) is 5.79 Å². The van der Waals surface area contributed by atoms with Crippen LogP contribution in [0.5, 0.6) is 0 Å². The number of ether oxygens (including phenoxy) is 3. The molecule has 0 aliphatic carbocycles. The van der Waals surface area contributed by atoms with Gasteiger partial charge >= 0.3 is 5.97 Å². The van der Waals surface area contributed by atoms with Crippen LogP contribution >= 0.6 is 0 Å². The maximum atomic E-state index is 12.3. The molecule has 1 saturated heterocycles. The van der Waals surface area contributed by atoms with Crippen molar-refractivity contribution in [2.45, 2.75) is 58.3 Å². The van der Waals surface area contributed by atoms with Crippen LogP contribution < -0.4 is 0 Å². The molecule has 1 rings (SSSR count). The topological polar surface area (TPSA) is 44.8 Å². The van der Waals surface area contributed by atoms with Crippen LogP contribution in [0.2, 0.25) is 0 Å². The van der Waals surface area contributed by atoms with Crippen molar-refractivity contribution in [3.8, 4) is 0 Å². The molecule has 0 saturated carbocycles. The molecule has 1 aliphatic heterocycles. The Labute approximate surface area is 116 Å². The van der Waals surface area contributed by atoms with Gasteiger partial charge in [0.05, 0.1) is 13.2 Å².